The van der Waals surface area contributed by atoms with E-state index in [0.29, 0.717) is 4.90 Å². The van der Waals surface area contributed by atoms with Gasteiger partial charge in [-0.3, -0.25) is 9.52 Å². The highest BCUT2D eigenvalue weighted by Crippen LogP contribution is 2.06. The number of carbonyl (C=O) groups is 1. The van der Waals surface area contributed by atoms with Gasteiger partial charge in [-0.15, -0.1) is 0 Å². The SMILES string of the molecule is CC(=O)N[S@](=O)c1ccc(C)cc1. The van der Waals surface area contributed by atoms with Crippen molar-refractivity contribution in [2.45, 2.75) is 18.7 Å². The second-order valence-electron chi connectivity index (χ2n) is 2.74. The van der Waals surface area contributed by atoms with Gasteiger partial charge in [0.2, 0.25) is 5.91 Å². The van der Waals surface area contributed by atoms with E-state index in [-0.39, 0.29) is 5.91 Å². The summed E-state index contributed by atoms with van der Waals surface area (Å²) in [5.74, 6) is -0.293. The van der Waals surface area contributed by atoms with Crippen LogP contribution in [-0.4, -0.2) is 10.1 Å². The molecule has 1 atom stereocenters. The highest BCUT2D eigenvalue weighted by Gasteiger charge is 2.03. The van der Waals surface area contributed by atoms with Crippen LogP contribution in [0.15, 0.2) is 29.2 Å². The van der Waals surface area contributed by atoms with Gasteiger partial charge < -0.3 is 0 Å². The molecule has 0 saturated carbocycles. The summed E-state index contributed by atoms with van der Waals surface area (Å²) in [6.07, 6.45) is 0. The van der Waals surface area contributed by atoms with Crippen LogP contribution in [0.1, 0.15) is 12.5 Å². The Kier molecular flexibility index (Phi) is 3.19. The van der Waals surface area contributed by atoms with Crippen LogP contribution in [0.4, 0.5) is 0 Å². The third-order valence-corrected chi connectivity index (χ3v) is 2.64. The topological polar surface area (TPSA) is 46.2 Å². The second kappa shape index (κ2) is 4.18. The van der Waals surface area contributed by atoms with Crippen LogP contribution in [-0.2, 0) is 15.8 Å². The molecular formula is C9H11NO2S. The number of amides is 1. The molecule has 1 N–H and O–H groups in total. The quantitative estimate of drug-likeness (QED) is 0.773. The average Bonchev–Trinajstić information content (AvgIpc) is 2.04. The Morgan fingerprint density at radius 1 is 1.31 bits per heavy atom. The predicted molar refractivity (Wildman–Crippen MR) is 51.4 cm³/mol. The van der Waals surface area contributed by atoms with E-state index < -0.39 is 11.0 Å². The van der Waals surface area contributed by atoms with Crippen molar-refractivity contribution in [1.29, 1.82) is 0 Å². The van der Waals surface area contributed by atoms with Crippen LogP contribution in [0.2, 0.25) is 0 Å². The molecule has 0 heterocycles. The normalized spacial score (nSPS) is 12.2. The molecule has 0 radical (unpaired) electrons. The number of benzene rings is 1. The molecule has 0 saturated heterocycles. The third kappa shape index (κ3) is 2.99. The molecule has 1 rings (SSSR count). The molecule has 1 amide bonds. The molecular weight excluding hydrogens is 186 g/mol. The molecule has 1 aromatic carbocycles. The van der Waals surface area contributed by atoms with Gasteiger partial charge in [-0.25, -0.2) is 4.21 Å². The Hall–Kier alpha value is -1.16. The summed E-state index contributed by atoms with van der Waals surface area (Å²) in [5.41, 5.74) is 1.10. The van der Waals surface area contributed by atoms with E-state index in [9.17, 15) is 9.00 Å². The number of rotatable bonds is 2. The summed E-state index contributed by atoms with van der Waals surface area (Å²) in [7, 11) is -1.42. The van der Waals surface area contributed by atoms with E-state index in [1.165, 1.54) is 6.92 Å². The lowest BCUT2D eigenvalue weighted by molar-refractivity contribution is -0.117. The summed E-state index contributed by atoms with van der Waals surface area (Å²) in [4.78, 5) is 11.2. The first-order chi connectivity index (χ1) is 6.09. The number of carbonyl (C=O) groups excluding carboxylic acids is 1. The Bertz CT molecular complexity index is 332. The summed E-state index contributed by atoms with van der Waals surface area (Å²) >= 11 is 0. The lowest BCUT2D eigenvalue weighted by Gasteiger charge is -2.01. The van der Waals surface area contributed by atoms with Crippen molar-refractivity contribution in [1.82, 2.24) is 4.72 Å². The van der Waals surface area contributed by atoms with E-state index in [2.05, 4.69) is 4.72 Å². The van der Waals surface area contributed by atoms with Crippen molar-refractivity contribution in [3.05, 3.63) is 29.8 Å². The molecule has 70 valence electrons. The van der Waals surface area contributed by atoms with Crippen molar-refractivity contribution >= 4 is 16.9 Å². The van der Waals surface area contributed by atoms with Crippen molar-refractivity contribution in [3.63, 3.8) is 0 Å². The molecule has 0 aromatic heterocycles. The minimum Gasteiger partial charge on any atom is -0.274 e. The smallest absolute Gasteiger partial charge is 0.228 e. The minimum absolute atomic E-state index is 0.293. The van der Waals surface area contributed by atoms with Gasteiger partial charge in [-0.2, -0.15) is 0 Å². The summed E-state index contributed by atoms with van der Waals surface area (Å²) in [6, 6.07) is 7.19. The fourth-order valence-electron chi connectivity index (χ4n) is 0.851. The van der Waals surface area contributed by atoms with E-state index in [1.54, 1.807) is 12.1 Å². The van der Waals surface area contributed by atoms with Crippen molar-refractivity contribution in [3.8, 4) is 0 Å². The molecule has 3 nitrogen and oxygen atoms in total. The minimum atomic E-state index is -1.42. The molecule has 4 heteroatoms. The number of hydrogen-bond acceptors (Lipinski definition) is 2. The maximum atomic E-state index is 11.3. The van der Waals surface area contributed by atoms with Gasteiger partial charge in [0.15, 0.2) is 11.0 Å². The fraction of sp³-hybridized carbons (Fsp3) is 0.222. The van der Waals surface area contributed by atoms with Gasteiger partial charge in [0.25, 0.3) is 0 Å². The molecule has 1 aromatic rings. The molecule has 13 heavy (non-hydrogen) atoms. The highest BCUT2D eigenvalue weighted by atomic mass is 32.2. The van der Waals surface area contributed by atoms with Crippen LogP contribution in [0.3, 0.4) is 0 Å². The van der Waals surface area contributed by atoms with Crippen LogP contribution in [0.25, 0.3) is 0 Å². The van der Waals surface area contributed by atoms with Crippen LogP contribution in [0.5, 0.6) is 0 Å². The molecule has 0 aliphatic heterocycles. The molecule has 0 fully saturated rings. The highest BCUT2D eigenvalue weighted by molar-refractivity contribution is 7.83. The third-order valence-electron chi connectivity index (χ3n) is 1.47. The Labute approximate surface area is 79.7 Å². The van der Waals surface area contributed by atoms with Gasteiger partial charge in [0.1, 0.15) is 0 Å². The Balaban J connectivity index is 2.78. The van der Waals surface area contributed by atoms with Crippen LogP contribution < -0.4 is 4.72 Å². The number of hydrogen-bond donors (Lipinski definition) is 1. The maximum Gasteiger partial charge on any atom is 0.228 e. The number of nitrogens with one attached hydrogen (secondary N) is 1. The lowest BCUT2D eigenvalue weighted by Crippen LogP contribution is -2.22. The number of aryl methyl sites for hydroxylation is 1. The first-order valence-electron chi connectivity index (χ1n) is 3.85. The molecule has 0 aliphatic rings. The fourth-order valence-corrected chi connectivity index (χ4v) is 1.61. The van der Waals surface area contributed by atoms with Crippen molar-refractivity contribution in [2.24, 2.45) is 0 Å². The summed E-state index contributed by atoms with van der Waals surface area (Å²) in [5, 5.41) is 0. The molecule has 0 aliphatic carbocycles. The second-order valence-corrected chi connectivity index (χ2v) is 3.95. The summed E-state index contributed by atoms with van der Waals surface area (Å²) in [6.45, 7) is 3.29. The maximum absolute atomic E-state index is 11.3. The monoisotopic (exact) mass is 197 g/mol. The average molecular weight is 197 g/mol. The van der Waals surface area contributed by atoms with Gasteiger partial charge >= 0.3 is 0 Å². The first kappa shape index (κ1) is 9.92. The van der Waals surface area contributed by atoms with Crippen molar-refractivity contribution < 1.29 is 9.00 Å². The van der Waals surface area contributed by atoms with E-state index in [0.717, 1.165) is 5.56 Å². The molecule has 0 bridgehead atoms. The molecule has 0 unspecified atom stereocenters. The van der Waals surface area contributed by atoms with Crippen LogP contribution >= 0.6 is 0 Å². The largest absolute Gasteiger partial charge is 0.274 e. The lowest BCUT2D eigenvalue weighted by atomic mass is 10.2. The zero-order valence-electron chi connectivity index (χ0n) is 7.53. The zero-order valence-corrected chi connectivity index (χ0v) is 8.35. The van der Waals surface area contributed by atoms with Crippen LogP contribution in [0, 0.1) is 6.92 Å². The van der Waals surface area contributed by atoms with E-state index in [1.807, 2.05) is 19.1 Å². The van der Waals surface area contributed by atoms with Gasteiger partial charge in [0.05, 0.1) is 4.90 Å². The predicted octanol–water partition coefficient (Wildman–Crippen LogP) is 1.15. The molecule has 0 spiro atoms. The van der Waals surface area contributed by atoms with Gasteiger partial charge in [0, 0.05) is 6.92 Å². The van der Waals surface area contributed by atoms with Gasteiger partial charge in [-0.1, -0.05) is 17.7 Å². The van der Waals surface area contributed by atoms with E-state index >= 15 is 0 Å². The Morgan fingerprint density at radius 2 is 1.85 bits per heavy atom. The first-order valence-corrected chi connectivity index (χ1v) is 5.00. The zero-order chi connectivity index (χ0) is 9.84. The summed E-state index contributed by atoms with van der Waals surface area (Å²) < 4.78 is 13.7. The van der Waals surface area contributed by atoms with Gasteiger partial charge in [-0.05, 0) is 19.1 Å². The Morgan fingerprint density at radius 3 is 2.31 bits per heavy atom. The van der Waals surface area contributed by atoms with E-state index in [4.69, 9.17) is 0 Å². The van der Waals surface area contributed by atoms with Crippen molar-refractivity contribution in [2.75, 3.05) is 0 Å². The standard InChI is InChI=1S/C9H11NO2S/c1-7-3-5-9(6-4-7)13(12)10-8(2)11/h3-6H,1-2H3,(H,10,11)/t13-/m1/s1.